The van der Waals surface area contributed by atoms with Gasteiger partial charge in [0.05, 0.1) is 0 Å². The van der Waals surface area contributed by atoms with Crippen LogP contribution in [0, 0.1) is 12.7 Å². The fraction of sp³-hybridized carbons (Fsp3) is 0.316. The highest BCUT2D eigenvalue weighted by Gasteiger charge is 2.42. The molecule has 1 aliphatic carbocycles. The second-order valence-corrected chi connectivity index (χ2v) is 6.41. The van der Waals surface area contributed by atoms with Gasteiger partial charge in [0.25, 0.3) is 5.91 Å². The molecule has 1 saturated carbocycles. The summed E-state index contributed by atoms with van der Waals surface area (Å²) in [4.78, 5) is 14.1. The summed E-state index contributed by atoms with van der Waals surface area (Å²) in [5.41, 5.74) is 9.08. The molecule has 1 fully saturated rings. The maximum absolute atomic E-state index is 13.5. The molecule has 2 N–H and O–H groups in total. The largest absolute Gasteiger partial charge is 0.330 e. The summed E-state index contributed by atoms with van der Waals surface area (Å²) in [5.74, 6) is -0.493. The van der Waals surface area contributed by atoms with E-state index in [2.05, 4.69) is 0 Å². The second-order valence-electron chi connectivity index (χ2n) is 6.41. The molecule has 0 saturated heterocycles. The molecule has 23 heavy (non-hydrogen) atoms. The lowest BCUT2D eigenvalue weighted by molar-refractivity contribution is 0.0993. The Bertz CT molecular complexity index is 715. The van der Waals surface area contributed by atoms with Gasteiger partial charge in [0.1, 0.15) is 5.82 Å². The summed E-state index contributed by atoms with van der Waals surface area (Å²) >= 11 is 0. The van der Waals surface area contributed by atoms with E-state index in [-0.39, 0.29) is 17.1 Å². The lowest BCUT2D eigenvalue weighted by Crippen LogP contribution is -2.26. The highest BCUT2D eigenvalue weighted by atomic mass is 19.1. The van der Waals surface area contributed by atoms with Gasteiger partial charge >= 0.3 is 0 Å². The van der Waals surface area contributed by atoms with Crippen LogP contribution in [0.1, 0.15) is 34.3 Å². The summed E-state index contributed by atoms with van der Waals surface area (Å²) in [7, 11) is 1.66. The van der Waals surface area contributed by atoms with Crippen LogP contribution in [-0.4, -0.2) is 19.5 Å². The van der Waals surface area contributed by atoms with Crippen molar-refractivity contribution in [3.63, 3.8) is 0 Å². The van der Waals surface area contributed by atoms with Gasteiger partial charge < -0.3 is 10.6 Å². The number of carbonyl (C=O) groups is 1. The normalized spacial score (nSPS) is 15.3. The van der Waals surface area contributed by atoms with Crippen molar-refractivity contribution in [3.8, 4) is 0 Å². The lowest BCUT2D eigenvalue weighted by atomic mass is 9.95. The van der Waals surface area contributed by atoms with Crippen LogP contribution in [0.25, 0.3) is 0 Å². The molecule has 2 aromatic rings. The molecule has 0 spiro atoms. The van der Waals surface area contributed by atoms with E-state index in [4.69, 9.17) is 5.73 Å². The first-order valence-electron chi connectivity index (χ1n) is 7.81. The van der Waals surface area contributed by atoms with Gasteiger partial charge in [-0.15, -0.1) is 0 Å². The molecule has 0 heterocycles. The monoisotopic (exact) mass is 312 g/mol. The van der Waals surface area contributed by atoms with Crippen LogP contribution >= 0.6 is 0 Å². The summed E-state index contributed by atoms with van der Waals surface area (Å²) in [5, 5.41) is 0. The van der Waals surface area contributed by atoms with E-state index in [9.17, 15) is 9.18 Å². The first kappa shape index (κ1) is 15.7. The fourth-order valence-corrected chi connectivity index (χ4v) is 2.95. The van der Waals surface area contributed by atoms with Crippen LogP contribution < -0.4 is 10.6 Å². The Morgan fingerprint density at radius 3 is 2.39 bits per heavy atom. The molecule has 0 atom stereocenters. The molecular formula is C19H21FN2O. The Morgan fingerprint density at radius 1 is 1.22 bits per heavy atom. The average molecular weight is 312 g/mol. The summed E-state index contributed by atoms with van der Waals surface area (Å²) in [6.45, 7) is 2.45. The minimum absolute atomic E-state index is 0.118. The van der Waals surface area contributed by atoms with Crippen LogP contribution in [0.15, 0.2) is 42.5 Å². The van der Waals surface area contributed by atoms with Crippen LogP contribution in [-0.2, 0) is 5.41 Å². The van der Waals surface area contributed by atoms with Crippen molar-refractivity contribution in [3.05, 3.63) is 65.0 Å². The predicted molar refractivity (Wildman–Crippen MR) is 90.3 cm³/mol. The number of benzene rings is 2. The number of hydrogen-bond donors (Lipinski definition) is 1. The molecule has 1 aliphatic rings. The molecule has 0 radical (unpaired) electrons. The zero-order valence-electron chi connectivity index (χ0n) is 13.5. The first-order chi connectivity index (χ1) is 10.9. The average Bonchev–Trinajstić information content (AvgIpc) is 3.34. The van der Waals surface area contributed by atoms with E-state index in [1.807, 2.05) is 31.2 Å². The number of aryl methyl sites for hydroxylation is 1. The molecule has 120 valence electrons. The maximum atomic E-state index is 13.5. The zero-order chi connectivity index (χ0) is 16.6. The van der Waals surface area contributed by atoms with Crippen molar-refractivity contribution >= 4 is 11.6 Å². The maximum Gasteiger partial charge on any atom is 0.258 e. The smallest absolute Gasteiger partial charge is 0.258 e. The van der Waals surface area contributed by atoms with Gasteiger partial charge in [0.15, 0.2) is 0 Å². The van der Waals surface area contributed by atoms with E-state index in [0.717, 1.165) is 18.4 Å². The molecular weight excluding hydrogens is 291 g/mol. The number of anilines is 1. The topological polar surface area (TPSA) is 46.3 Å². The number of hydrogen-bond acceptors (Lipinski definition) is 2. The molecule has 0 aromatic heterocycles. The Balaban J connectivity index is 1.82. The van der Waals surface area contributed by atoms with Crippen molar-refractivity contribution in [1.82, 2.24) is 0 Å². The van der Waals surface area contributed by atoms with Gasteiger partial charge in [-0.2, -0.15) is 0 Å². The van der Waals surface area contributed by atoms with Crippen LogP contribution in [0.2, 0.25) is 0 Å². The third kappa shape index (κ3) is 2.99. The number of nitrogens with zero attached hydrogens (tertiary/aromatic N) is 1. The van der Waals surface area contributed by atoms with Gasteiger partial charge in [-0.25, -0.2) is 4.39 Å². The van der Waals surface area contributed by atoms with Crippen LogP contribution in [0.3, 0.4) is 0 Å². The Labute approximate surface area is 135 Å². The third-order valence-corrected chi connectivity index (χ3v) is 4.71. The second kappa shape index (κ2) is 5.78. The molecule has 4 heteroatoms. The van der Waals surface area contributed by atoms with E-state index in [0.29, 0.717) is 17.8 Å². The van der Waals surface area contributed by atoms with Crippen molar-refractivity contribution in [1.29, 1.82) is 0 Å². The van der Waals surface area contributed by atoms with Crippen molar-refractivity contribution < 1.29 is 9.18 Å². The Morgan fingerprint density at radius 2 is 1.87 bits per heavy atom. The minimum Gasteiger partial charge on any atom is -0.330 e. The SMILES string of the molecule is Cc1cc(F)cc(N(C)C(=O)c2ccc(C3(CN)CC3)cc2)c1. The van der Waals surface area contributed by atoms with Gasteiger partial charge in [0, 0.05) is 30.3 Å². The fourth-order valence-electron chi connectivity index (χ4n) is 2.95. The van der Waals surface area contributed by atoms with Crippen molar-refractivity contribution in [2.24, 2.45) is 5.73 Å². The third-order valence-electron chi connectivity index (χ3n) is 4.71. The molecule has 3 rings (SSSR count). The number of amides is 1. The quantitative estimate of drug-likeness (QED) is 0.940. The van der Waals surface area contributed by atoms with Crippen LogP contribution in [0.5, 0.6) is 0 Å². The standard InChI is InChI=1S/C19H21FN2O/c1-13-9-16(20)11-17(10-13)22(2)18(23)14-3-5-15(6-4-14)19(12-21)7-8-19/h3-6,9-11H,7-8,12,21H2,1-2H3. The molecule has 3 nitrogen and oxygen atoms in total. The van der Waals surface area contributed by atoms with E-state index >= 15 is 0 Å². The van der Waals surface area contributed by atoms with Crippen molar-refractivity contribution in [2.45, 2.75) is 25.2 Å². The Hall–Kier alpha value is -2.20. The summed E-state index contributed by atoms with van der Waals surface area (Å²) < 4.78 is 13.5. The highest BCUT2D eigenvalue weighted by Crippen LogP contribution is 2.47. The molecule has 0 aliphatic heterocycles. The van der Waals surface area contributed by atoms with E-state index < -0.39 is 0 Å². The van der Waals surface area contributed by atoms with Gasteiger partial charge in [-0.3, -0.25) is 4.79 Å². The minimum atomic E-state index is -0.339. The predicted octanol–water partition coefficient (Wildman–Crippen LogP) is 3.40. The number of nitrogens with two attached hydrogens (primary N) is 1. The molecule has 0 bridgehead atoms. The summed E-state index contributed by atoms with van der Waals surface area (Å²) in [6.07, 6.45) is 2.22. The van der Waals surface area contributed by atoms with Gasteiger partial charge in [-0.1, -0.05) is 12.1 Å². The molecule has 1 amide bonds. The van der Waals surface area contributed by atoms with Crippen LogP contribution in [0.4, 0.5) is 10.1 Å². The van der Waals surface area contributed by atoms with Crippen molar-refractivity contribution in [2.75, 3.05) is 18.5 Å². The Kier molecular flexibility index (Phi) is 3.94. The van der Waals surface area contributed by atoms with Gasteiger partial charge in [-0.05, 0) is 61.2 Å². The first-order valence-corrected chi connectivity index (χ1v) is 7.81. The van der Waals surface area contributed by atoms with E-state index in [1.165, 1.54) is 22.6 Å². The van der Waals surface area contributed by atoms with Gasteiger partial charge in [0.2, 0.25) is 0 Å². The number of carbonyl (C=O) groups excluding carboxylic acids is 1. The zero-order valence-corrected chi connectivity index (χ0v) is 13.5. The molecule has 2 aromatic carbocycles. The summed E-state index contributed by atoms with van der Waals surface area (Å²) in [6, 6.07) is 12.2. The highest BCUT2D eigenvalue weighted by molar-refractivity contribution is 6.05. The molecule has 0 unspecified atom stereocenters. The number of halogens is 1. The lowest BCUT2D eigenvalue weighted by Gasteiger charge is -2.19. The van der Waals surface area contributed by atoms with E-state index in [1.54, 1.807) is 13.1 Å². The number of rotatable bonds is 4.